The van der Waals surface area contributed by atoms with E-state index in [1.807, 2.05) is 146 Å². The van der Waals surface area contributed by atoms with Crippen molar-refractivity contribution in [2.24, 2.45) is 0 Å². The van der Waals surface area contributed by atoms with Gasteiger partial charge >= 0.3 is 0 Å². The average Bonchev–Trinajstić information content (AvgIpc) is 4.18. The van der Waals surface area contributed by atoms with Gasteiger partial charge in [0.1, 0.15) is 15.4 Å². The predicted octanol–water partition coefficient (Wildman–Crippen LogP) is 13.4. The fourth-order valence-corrected chi connectivity index (χ4v) is 13.8. The van der Waals surface area contributed by atoms with Crippen LogP contribution >= 0.6 is 69.3 Å². The van der Waals surface area contributed by atoms with Crippen LogP contribution < -0.4 is 36.4 Å². The number of benzene rings is 4. The zero-order valence-corrected chi connectivity index (χ0v) is 49.9. The van der Waals surface area contributed by atoms with E-state index in [1.54, 1.807) is 49.1 Å². The number of anilines is 6. The van der Waals surface area contributed by atoms with Crippen LogP contribution in [0.25, 0.3) is 42.0 Å². The van der Waals surface area contributed by atoms with Gasteiger partial charge in [0.05, 0.1) is 19.5 Å². The van der Waals surface area contributed by atoms with Gasteiger partial charge in [-0.05, 0) is 152 Å². The van der Waals surface area contributed by atoms with Crippen LogP contribution in [-0.4, -0.2) is 64.3 Å². The molecule has 0 amide bonds. The molecule has 24 heteroatoms. The number of sulfonamides is 2. The second kappa shape index (κ2) is 26.0. The first kappa shape index (κ1) is 59.4. The number of nitrogens with two attached hydrogens (primary N) is 1. The van der Waals surface area contributed by atoms with E-state index in [4.69, 9.17) is 23.2 Å². The SMILES string of the molecule is CC(C)(C)NS(=O)(=O)c1cc(Nc2nccs2)ccc1-c1cnc(-c2ccc(N)cc2)s1.CC(C)NC(=S)Nc1ccc(-c2ncc(-c3ccc(Nc4nccs4)cc3S(=O)(=O)NC(C)(C)C)s2)cc1.CC(C)SC#N. The molecule has 0 spiro atoms. The van der Waals surface area contributed by atoms with Crippen molar-refractivity contribution in [2.75, 3.05) is 21.7 Å². The summed E-state index contributed by atoms with van der Waals surface area (Å²) in [5, 5.41) is 30.3. The summed E-state index contributed by atoms with van der Waals surface area (Å²) in [6.45, 7) is 18.9. The molecule has 0 bridgehead atoms. The fourth-order valence-electron chi connectivity index (χ4n) is 6.71. The smallest absolute Gasteiger partial charge is 0.241 e. The molecule has 4 aromatic carbocycles. The summed E-state index contributed by atoms with van der Waals surface area (Å²) in [4.78, 5) is 19.4. The van der Waals surface area contributed by atoms with Crippen molar-refractivity contribution < 1.29 is 16.8 Å². The quantitative estimate of drug-likeness (QED) is 0.0287. The third-order valence-corrected chi connectivity index (χ3v) is 17.5. The highest BCUT2D eigenvalue weighted by Gasteiger charge is 2.28. The van der Waals surface area contributed by atoms with Gasteiger partial charge in [0, 0.05) is 103 Å². The van der Waals surface area contributed by atoms with E-state index in [0.717, 1.165) is 36.6 Å². The molecule has 4 heterocycles. The lowest BCUT2D eigenvalue weighted by Gasteiger charge is -2.22. The van der Waals surface area contributed by atoms with Crippen LogP contribution in [0, 0.1) is 10.7 Å². The van der Waals surface area contributed by atoms with Gasteiger partial charge in [0.2, 0.25) is 20.0 Å². The minimum absolute atomic E-state index is 0.176. The van der Waals surface area contributed by atoms with Crippen LogP contribution in [0.4, 0.5) is 33.0 Å². The predicted molar refractivity (Wildman–Crippen MR) is 324 cm³/mol. The molecule has 0 aliphatic heterocycles. The number of hydrogen-bond acceptors (Lipinski definition) is 18. The highest BCUT2D eigenvalue weighted by Crippen LogP contribution is 2.40. The monoisotopic (exact) mass is 1170 g/mol. The number of thiazole rings is 4. The summed E-state index contributed by atoms with van der Waals surface area (Å²) < 4.78 is 59.1. The first-order valence-electron chi connectivity index (χ1n) is 23.5. The van der Waals surface area contributed by atoms with Crippen molar-refractivity contribution in [3.05, 3.63) is 120 Å². The van der Waals surface area contributed by atoms with Gasteiger partial charge < -0.3 is 27.0 Å². The summed E-state index contributed by atoms with van der Waals surface area (Å²) in [5.74, 6) is 0. The number of nitrogens with zero attached hydrogens (tertiary/aromatic N) is 5. The van der Waals surface area contributed by atoms with E-state index in [2.05, 4.69) is 50.6 Å². The zero-order valence-electron chi connectivity index (χ0n) is 43.4. The second-order valence-corrected chi connectivity index (χ2v) is 28.2. The lowest BCUT2D eigenvalue weighted by atomic mass is 10.1. The molecular formula is C52H60N12O4S8. The average molecular weight is 1170 g/mol. The van der Waals surface area contributed by atoms with Crippen LogP contribution in [0.3, 0.4) is 0 Å². The summed E-state index contributed by atoms with van der Waals surface area (Å²) in [6, 6.07) is 26.0. The Hall–Kier alpha value is -5.85. The Bertz CT molecular complexity index is 3450. The Labute approximate surface area is 471 Å². The van der Waals surface area contributed by atoms with E-state index in [0.29, 0.717) is 48.8 Å². The molecule has 8 aromatic rings. The van der Waals surface area contributed by atoms with E-state index < -0.39 is 31.1 Å². The third kappa shape index (κ3) is 17.9. The van der Waals surface area contributed by atoms with Gasteiger partial charge in [-0.25, -0.2) is 46.2 Å². The lowest BCUT2D eigenvalue weighted by Crippen LogP contribution is -2.40. The standard InChI is InChI=1S/C26H30N6O2S4.C22H23N5O2S3.C4H7NS/c1-16(2)29-24(35)30-18-8-6-17(7-9-18)23-28-15-21(37-23)20-11-10-19(31-25-27-12-13-36-25)14-22(20)38(33,34)32-26(3,4)5;1-22(2,3)27-32(28,29)19-12-16(26-21-24-10-11-30-21)8-9-17(19)18-13-25-20(31-18)14-4-6-15(23)7-5-14;1-4(2)6-3-5/h6-16,32H,1-5H3,(H,27,31)(H2,29,30,35);4-13,27H,23H2,1-3H3,(H,24,26);4H,1-2H3. The molecule has 8 N–H and O–H groups in total. The lowest BCUT2D eigenvalue weighted by molar-refractivity contribution is 0.490. The number of thiocyanates is 1. The molecule has 8 rings (SSSR count). The van der Waals surface area contributed by atoms with Gasteiger partial charge in [0.25, 0.3) is 0 Å². The van der Waals surface area contributed by atoms with Crippen molar-refractivity contribution in [3.63, 3.8) is 0 Å². The fraction of sp³-hybridized carbons (Fsp3) is 0.269. The molecule has 0 saturated heterocycles. The zero-order chi connectivity index (χ0) is 55.4. The molecule has 0 unspecified atom stereocenters. The molecule has 400 valence electrons. The van der Waals surface area contributed by atoms with Gasteiger partial charge in [-0.2, -0.15) is 5.26 Å². The second-order valence-electron chi connectivity index (χ2n) is 19.3. The molecule has 4 aromatic heterocycles. The number of hydrogen-bond donors (Lipinski definition) is 7. The molecule has 0 aliphatic rings. The normalized spacial score (nSPS) is 11.7. The maximum Gasteiger partial charge on any atom is 0.241 e. The molecule has 0 saturated carbocycles. The summed E-state index contributed by atoms with van der Waals surface area (Å²) in [7, 11) is -7.64. The number of thioether (sulfide) groups is 1. The Morgan fingerprint density at radius 1 is 0.645 bits per heavy atom. The van der Waals surface area contributed by atoms with Gasteiger partial charge in [-0.1, -0.05) is 26.0 Å². The maximum absolute atomic E-state index is 13.5. The molecule has 0 aliphatic carbocycles. The van der Waals surface area contributed by atoms with Crippen LogP contribution in [0.5, 0.6) is 0 Å². The number of aromatic nitrogens is 4. The van der Waals surface area contributed by atoms with Crippen molar-refractivity contribution in [3.8, 4) is 47.4 Å². The van der Waals surface area contributed by atoms with Gasteiger partial charge in [-0.3, -0.25) is 0 Å². The van der Waals surface area contributed by atoms with Gasteiger partial charge in [-0.15, -0.1) is 45.3 Å². The Morgan fingerprint density at radius 3 is 1.42 bits per heavy atom. The first-order chi connectivity index (χ1) is 35.8. The number of nitrogens with one attached hydrogen (secondary N) is 6. The first-order valence-corrected chi connectivity index (χ1v) is 31.1. The molecule has 0 fully saturated rings. The summed E-state index contributed by atoms with van der Waals surface area (Å²) in [5.41, 5.74) is 10.4. The van der Waals surface area contributed by atoms with Crippen LogP contribution in [0.2, 0.25) is 0 Å². The van der Waals surface area contributed by atoms with Crippen LogP contribution in [0.1, 0.15) is 69.2 Å². The molecule has 0 radical (unpaired) electrons. The van der Waals surface area contributed by atoms with Crippen LogP contribution in [-0.2, 0) is 20.0 Å². The molecule has 0 atom stereocenters. The van der Waals surface area contributed by atoms with E-state index in [-0.39, 0.29) is 15.8 Å². The van der Waals surface area contributed by atoms with Crippen molar-refractivity contribution in [1.82, 2.24) is 34.7 Å². The van der Waals surface area contributed by atoms with E-state index in [9.17, 15) is 16.8 Å². The summed E-state index contributed by atoms with van der Waals surface area (Å²) in [6.07, 6.45) is 6.80. The third-order valence-electron chi connectivity index (χ3n) is 9.59. The van der Waals surface area contributed by atoms with Crippen molar-refractivity contribution >= 4 is 127 Å². The van der Waals surface area contributed by atoms with E-state index in [1.165, 1.54) is 57.1 Å². The topological polar surface area (TPSA) is 242 Å². The number of nitriles is 1. The van der Waals surface area contributed by atoms with Crippen LogP contribution in [0.15, 0.2) is 130 Å². The highest BCUT2D eigenvalue weighted by molar-refractivity contribution is 8.04. The van der Waals surface area contributed by atoms with E-state index >= 15 is 0 Å². The van der Waals surface area contributed by atoms with Gasteiger partial charge in [0.15, 0.2) is 15.4 Å². The van der Waals surface area contributed by atoms with Crippen molar-refractivity contribution in [1.29, 1.82) is 5.26 Å². The number of rotatable bonds is 15. The summed E-state index contributed by atoms with van der Waals surface area (Å²) >= 11 is 12.4. The Balaban J connectivity index is 0.000000225. The number of nitrogen functional groups attached to an aromatic ring is 1. The minimum Gasteiger partial charge on any atom is -0.399 e. The number of thiocarbonyl (C=S) groups is 1. The highest BCUT2D eigenvalue weighted by atomic mass is 32.2. The molecule has 76 heavy (non-hydrogen) atoms. The Kier molecular flexibility index (Phi) is 20.3. The maximum atomic E-state index is 13.5. The van der Waals surface area contributed by atoms with Crippen molar-refractivity contribution in [2.45, 2.75) is 101 Å². The Morgan fingerprint density at radius 2 is 1.07 bits per heavy atom. The minimum atomic E-state index is -3.83. The largest absolute Gasteiger partial charge is 0.399 e. The molecular weight excluding hydrogens is 1110 g/mol. The molecule has 16 nitrogen and oxygen atoms in total.